The number of aromatic nitrogens is 1. The van der Waals surface area contributed by atoms with Crippen molar-refractivity contribution in [3.8, 4) is 0 Å². The molecular weight excluding hydrogens is 449 g/mol. The van der Waals surface area contributed by atoms with Crippen LogP contribution < -0.4 is 10.6 Å². The van der Waals surface area contributed by atoms with E-state index in [-0.39, 0.29) is 24.0 Å². The molecule has 1 aliphatic heterocycles. The number of hydrogen-bond acceptors (Lipinski definition) is 5. The Balaban J connectivity index is 0.00000312. The maximum Gasteiger partial charge on any atom is 0.191 e. The van der Waals surface area contributed by atoms with E-state index in [1.165, 1.54) is 11.3 Å². The quantitative estimate of drug-likeness (QED) is 0.356. The van der Waals surface area contributed by atoms with Crippen molar-refractivity contribution in [2.24, 2.45) is 10.9 Å². The number of ether oxygens (including phenoxy) is 1. The van der Waals surface area contributed by atoms with Gasteiger partial charge >= 0.3 is 0 Å². The van der Waals surface area contributed by atoms with E-state index in [1.807, 2.05) is 20.2 Å². The van der Waals surface area contributed by atoms with E-state index in [0.29, 0.717) is 12.0 Å². The minimum Gasteiger partial charge on any atom is -0.379 e. The molecule has 0 amide bonds. The lowest BCUT2D eigenvalue weighted by Gasteiger charge is -2.35. The second kappa shape index (κ2) is 12.0. The number of rotatable bonds is 7. The third kappa shape index (κ3) is 8.19. The molecule has 2 rings (SSSR count). The number of guanidine groups is 1. The van der Waals surface area contributed by atoms with E-state index in [4.69, 9.17) is 4.74 Å². The van der Waals surface area contributed by atoms with Crippen molar-refractivity contribution in [3.63, 3.8) is 0 Å². The maximum absolute atomic E-state index is 5.49. The number of halogens is 1. The molecule has 0 aromatic carbocycles. The lowest BCUT2D eigenvalue weighted by atomic mass is 10.0. The van der Waals surface area contributed by atoms with Crippen molar-refractivity contribution in [1.29, 1.82) is 0 Å². The number of hydrogen-bond donors (Lipinski definition) is 2. The Morgan fingerprint density at radius 3 is 2.64 bits per heavy atom. The normalized spacial score (nSPS) is 17.2. The van der Waals surface area contributed by atoms with Gasteiger partial charge in [0.15, 0.2) is 5.96 Å². The molecule has 0 saturated carbocycles. The van der Waals surface area contributed by atoms with Crippen LogP contribution in [0, 0.1) is 12.8 Å². The number of aryl methyl sites for hydroxylation is 1. The molecule has 1 unspecified atom stereocenters. The largest absolute Gasteiger partial charge is 0.379 e. The van der Waals surface area contributed by atoms with Crippen molar-refractivity contribution in [2.75, 3.05) is 39.9 Å². The molecule has 0 radical (unpaired) electrons. The van der Waals surface area contributed by atoms with Gasteiger partial charge in [-0.15, -0.1) is 35.3 Å². The summed E-state index contributed by atoms with van der Waals surface area (Å²) in [5.74, 6) is 1.53. The standard InChI is InChI=1S/C17H31N5OS.HI/c1-13(2)9-15(22-5-7-23-8-6-22)10-20-17(18-4)21-12-16-11-19-14(3)24-16;/h11,13,15H,5-10,12H2,1-4H3,(H2,18,20,21);1H. The first kappa shape index (κ1) is 22.6. The average molecular weight is 481 g/mol. The van der Waals surface area contributed by atoms with E-state index in [0.717, 1.165) is 50.4 Å². The highest BCUT2D eigenvalue weighted by atomic mass is 127. The van der Waals surface area contributed by atoms with Gasteiger partial charge < -0.3 is 15.4 Å². The molecule has 1 saturated heterocycles. The van der Waals surface area contributed by atoms with Gasteiger partial charge in [-0.3, -0.25) is 9.89 Å². The van der Waals surface area contributed by atoms with Gasteiger partial charge in [-0.05, 0) is 19.3 Å². The highest BCUT2D eigenvalue weighted by Gasteiger charge is 2.22. The summed E-state index contributed by atoms with van der Waals surface area (Å²) in [6.07, 6.45) is 3.10. The van der Waals surface area contributed by atoms with E-state index in [1.54, 1.807) is 11.3 Å². The van der Waals surface area contributed by atoms with Crippen molar-refractivity contribution in [1.82, 2.24) is 20.5 Å². The topological polar surface area (TPSA) is 61.8 Å². The van der Waals surface area contributed by atoms with Crippen LogP contribution in [0.3, 0.4) is 0 Å². The minimum atomic E-state index is 0. The fourth-order valence-corrected chi connectivity index (χ4v) is 3.68. The first-order valence-electron chi connectivity index (χ1n) is 8.76. The molecular formula is C17H32IN5OS. The second-order valence-electron chi connectivity index (χ2n) is 6.58. The molecule has 8 heteroatoms. The fraction of sp³-hybridized carbons (Fsp3) is 0.765. The highest BCUT2D eigenvalue weighted by Crippen LogP contribution is 2.13. The molecule has 1 aliphatic rings. The Kier molecular flexibility index (Phi) is 10.9. The van der Waals surface area contributed by atoms with E-state index in [2.05, 4.69) is 39.4 Å². The summed E-state index contributed by atoms with van der Waals surface area (Å²) in [6.45, 7) is 12.0. The second-order valence-corrected chi connectivity index (χ2v) is 7.90. The van der Waals surface area contributed by atoms with E-state index >= 15 is 0 Å². The molecule has 1 fully saturated rings. The van der Waals surface area contributed by atoms with E-state index < -0.39 is 0 Å². The Hall–Kier alpha value is -0.450. The maximum atomic E-state index is 5.49. The monoisotopic (exact) mass is 481 g/mol. The van der Waals surface area contributed by atoms with Crippen molar-refractivity contribution in [2.45, 2.75) is 39.8 Å². The Labute approximate surface area is 172 Å². The molecule has 2 heterocycles. The SMILES string of the molecule is CN=C(NCc1cnc(C)s1)NCC(CC(C)C)N1CCOCC1.I. The first-order chi connectivity index (χ1) is 11.6. The molecule has 0 spiro atoms. The molecule has 144 valence electrons. The van der Waals surface area contributed by atoms with Gasteiger partial charge in [-0.1, -0.05) is 13.8 Å². The van der Waals surface area contributed by atoms with Crippen LogP contribution in [0.4, 0.5) is 0 Å². The molecule has 1 aromatic heterocycles. The molecule has 1 atom stereocenters. The summed E-state index contributed by atoms with van der Waals surface area (Å²) in [5, 5.41) is 7.96. The van der Waals surface area contributed by atoms with Gasteiger partial charge in [0.25, 0.3) is 0 Å². The first-order valence-corrected chi connectivity index (χ1v) is 9.57. The van der Waals surface area contributed by atoms with Gasteiger partial charge in [0.2, 0.25) is 0 Å². The van der Waals surface area contributed by atoms with E-state index in [9.17, 15) is 0 Å². The number of thiazole rings is 1. The van der Waals surface area contributed by atoms with Gasteiger partial charge in [-0.25, -0.2) is 4.98 Å². The van der Waals surface area contributed by atoms with Crippen molar-refractivity contribution < 1.29 is 4.74 Å². The summed E-state index contributed by atoms with van der Waals surface area (Å²) in [6, 6.07) is 0.512. The zero-order chi connectivity index (χ0) is 17.4. The van der Waals surface area contributed by atoms with Crippen LogP contribution in [0.2, 0.25) is 0 Å². The van der Waals surface area contributed by atoms with Crippen LogP contribution in [-0.2, 0) is 11.3 Å². The smallest absolute Gasteiger partial charge is 0.191 e. The average Bonchev–Trinajstić information content (AvgIpc) is 2.99. The summed E-state index contributed by atoms with van der Waals surface area (Å²) in [4.78, 5) is 12.4. The van der Waals surface area contributed by atoms with Gasteiger partial charge in [0.1, 0.15) is 0 Å². The molecule has 0 aliphatic carbocycles. The van der Waals surface area contributed by atoms with Crippen LogP contribution in [0.1, 0.15) is 30.2 Å². The molecule has 2 N–H and O–H groups in total. The number of nitrogens with one attached hydrogen (secondary N) is 2. The van der Waals surface area contributed by atoms with Crippen LogP contribution in [-0.4, -0.2) is 61.8 Å². The number of morpholine rings is 1. The highest BCUT2D eigenvalue weighted by molar-refractivity contribution is 14.0. The third-order valence-corrected chi connectivity index (χ3v) is 5.05. The predicted molar refractivity (Wildman–Crippen MR) is 116 cm³/mol. The molecule has 25 heavy (non-hydrogen) atoms. The lowest BCUT2D eigenvalue weighted by Crippen LogP contribution is -2.50. The van der Waals surface area contributed by atoms with Crippen LogP contribution in [0.25, 0.3) is 0 Å². The zero-order valence-electron chi connectivity index (χ0n) is 15.7. The van der Waals surface area contributed by atoms with Crippen LogP contribution >= 0.6 is 35.3 Å². The summed E-state index contributed by atoms with van der Waals surface area (Å²) in [5.41, 5.74) is 0. The van der Waals surface area contributed by atoms with Gasteiger partial charge in [-0.2, -0.15) is 0 Å². The summed E-state index contributed by atoms with van der Waals surface area (Å²) < 4.78 is 5.49. The molecule has 6 nitrogen and oxygen atoms in total. The minimum absolute atomic E-state index is 0. The van der Waals surface area contributed by atoms with Gasteiger partial charge in [0, 0.05) is 43.8 Å². The lowest BCUT2D eigenvalue weighted by molar-refractivity contribution is 0.0132. The van der Waals surface area contributed by atoms with Gasteiger partial charge in [0.05, 0.1) is 24.8 Å². The molecule has 0 bridgehead atoms. The summed E-state index contributed by atoms with van der Waals surface area (Å²) >= 11 is 1.72. The Morgan fingerprint density at radius 2 is 2.08 bits per heavy atom. The predicted octanol–water partition coefficient (Wildman–Crippen LogP) is 2.48. The number of nitrogens with zero attached hydrogens (tertiary/aromatic N) is 3. The Bertz CT molecular complexity index is 517. The third-order valence-electron chi connectivity index (χ3n) is 4.13. The molecule has 1 aromatic rings. The van der Waals surface area contributed by atoms with Crippen LogP contribution in [0.5, 0.6) is 0 Å². The Morgan fingerprint density at radius 1 is 1.36 bits per heavy atom. The summed E-state index contributed by atoms with van der Waals surface area (Å²) in [7, 11) is 1.82. The van der Waals surface area contributed by atoms with Crippen molar-refractivity contribution in [3.05, 3.63) is 16.1 Å². The zero-order valence-corrected chi connectivity index (χ0v) is 18.9. The van der Waals surface area contributed by atoms with Crippen molar-refractivity contribution >= 4 is 41.3 Å². The number of aliphatic imine (C=N–C) groups is 1. The fourth-order valence-electron chi connectivity index (χ4n) is 2.94. The van der Waals surface area contributed by atoms with Crippen LogP contribution in [0.15, 0.2) is 11.2 Å².